The molecule has 20 heavy (non-hydrogen) atoms. The third kappa shape index (κ3) is 3.33. The summed E-state index contributed by atoms with van der Waals surface area (Å²) in [5.41, 5.74) is 8.12. The molecule has 2 rings (SSSR count). The molecule has 1 heterocycles. The number of benzene rings is 1. The van der Waals surface area contributed by atoms with Gasteiger partial charge in [0.1, 0.15) is 0 Å². The van der Waals surface area contributed by atoms with E-state index in [9.17, 15) is 4.79 Å². The minimum atomic E-state index is -0.0696. The van der Waals surface area contributed by atoms with Crippen molar-refractivity contribution in [1.82, 2.24) is 10.3 Å². The van der Waals surface area contributed by atoms with Gasteiger partial charge < -0.3 is 11.1 Å². The number of nitrogens with one attached hydrogen (secondary N) is 1. The molecule has 4 nitrogen and oxygen atoms in total. The lowest BCUT2D eigenvalue weighted by atomic mass is 10.1. The Morgan fingerprint density at radius 3 is 2.75 bits per heavy atom. The zero-order chi connectivity index (χ0) is 14.7. The van der Waals surface area contributed by atoms with Gasteiger partial charge in [0.2, 0.25) is 0 Å². The lowest BCUT2D eigenvalue weighted by Gasteiger charge is -2.16. The molecule has 1 amide bonds. The van der Waals surface area contributed by atoms with Crippen molar-refractivity contribution in [3.05, 3.63) is 41.6 Å². The third-order valence-electron chi connectivity index (χ3n) is 3.19. The number of hydrogen-bond acceptors (Lipinski definition) is 3. The van der Waals surface area contributed by atoms with Crippen molar-refractivity contribution in [2.75, 3.05) is 0 Å². The summed E-state index contributed by atoms with van der Waals surface area (Å²) >= 11 is 0. The molecule has 0 radical (unpaired) electrons. The first-order valence-electron chi connectivity index (χ1n) is 6.90. The van der Waals surface area contributed by atoms with E-state index >= 15 is 0 Å². The molecule has 3 N–H and O–H groups in total. The van der Waals surface area contributed by atoms with Crippen LogP contribution in [0, 0.1) is 6.92 Å². The number of nitrogens with two attached hydrogens (primary N) is 1. The largest absolute Gasteiger partial charge is 0.350 e. The van der Waals surface area contributed by atoms with Gasteiger partial charge in [-0.2, -0.15) is 0 Å². The van der Waals surface area contributed by atoms with Crippen LogP contribution in [0.1, 0.15) is 36.3 Å². The van der Waals surface area contributed by atoms with Gasteiger partial charge in [-0.3, -0.25) is 9.78 Å². The van der Waals surface area contributed by atoms with Gasteiger partial charge in [-0.15, -0.1) is 0 Å². The van der Waals surface area contributed by atoms with E-state index in [0.29, 0.717) is 5.56 Å². The molecule has 0 saturated carbocycles. The van der Waals surface area contributed by atoms with E-state index in [-0.39, 0.29) is 18.0 Å². The van der Waals surface area contributed by atoms with Crippen molar-refractivity contribution in [3.8, 4) is 0 Å². The SMILES string of the molecule is Cc1cc(C(=O)NC(C)CC(C)N)c2ccccc2n1. The molecule has 0 saturated heterocycles. The summed E-state index contributed by atoms with van der Waals surface area (Å²) in [6.07, 6.45) is 0.758. The van der Waals surface area contributed by atoms with Crippen molar-refractivity contribution in [3.63, 3.8) is 0 Å². The smallest absolute Gasteiger partial charge is 0.252 e. The number of rotatable bonds is 4. The normalized spacial score (nSPS) is 14.0. The Labute approximate surface area is 119 Å². The molecule has 2 unspecified atom stereocenters. The maximum atomic E-state index is 12.4. The molecule has 1 aromatic heterocycles. The molecule has 0 bridgehead atoms. The topological polar surface area (TPSA) is 68.0 Å². The predicted molar refractivity (Wildman–Crippen MR) is 81.7 cm³/mol. The highest BCUT2D eigenvalue weighted by Gasteiger charge is 2.14. The molecular weight excluding hydrogens is 250 g/mol. The summed E-state index contributed by atoms with van der Waals surface area (Å²) in [7, 11) is 0. The highest BCUT2D eigenvalue weighted by atomic mass is 16.1. The highest BCUT2D eigenvalue weighted by Crippen LogP contribution is 2.18. The zero-order valence-corrected chi connectivity index (χ0v) is 12.2. The molecule has 0 aliphatic rings. The van der Waals surface area contributed by atoms with Gasteiger partial charge in [0.15, 0.2) is 0 Å². The van der Waals surface area contributed by atoms with Crippen molar-refractivity contribution in [2.24, 2.45) is 5.73 Å². The van der Waals surface area contributed by atoms with Gasteiger partial charge in [-0.25, -0.2) is 0 Å². The fourth-order valence-corrected chi connectivity index (χ4v) is 2.41. The Bertz CT molecular complexity index is 622. The minimum absolute atomic E-state index is 0.0507. The highest BCUT2D eigenvalue weighted by molar-refractivity contribution is 6.06. The minimum Gasteiger partial charge on any atom is -0.350 e. The van der Waals surface area contributed by atoms with Crippen molar-refractivity contribution < 1.29 is 4.79 Å². The van der Waals surface area contributed by atoms with Crippen LogP contribution in [0.3, 0.4) is 0 Å². The second-order valence-electron chi connectivity index (χ2n) is 5.42. The number of fused-ring (bicyclic) bond motifs is 1. The standard InChI is InChI=1S/C16H21N3O/c1-10(17)8-11(2)19-16(20)14-9-12(3)18-15-7-5-4-6-13(14)15/h4-7,9-11H,8,17H2,1-3H3,(H,19,20). The number of aromatic nitrogens is 1. The third-order valence-corrected chi connectivity index (χ3v) is 3.19. The maximum absolute atomic E-state index is 12.4. The van der Waals surface area contributed by atoms with Crippen molar-refractivity contribution in [1.29, 1.82) is 0 Å². The summed E-state index contributed by atoms with van der Waals surface area (Å²) in [5.74, 6) is -0.0696. The number of hydrogen-bond donors (Lipinski definition) is 2. The first kappa shape index (κ1) is 14.5. The number of nitrogens with zero attached hydrogens (tertiary/aromatic N) is 1. The summed E-state index contributed by atoms with van der Waals surface area (Å²) < 4.78 is 0. The first-order chi connectivity index (χ1) is 9.47. The Balaban J connectivity index is 2.30. The van der Waals surface area contributed by atoms with E-state index in [1.165, 1.54) is 0 Å². The van der Waals surface area contributed by atoms with Crippen molar-refractivity contribution >= 4 is 16.8 Å². The number of amides is 1. The average molecular weight is 271 g/mol. The van der Waals surface area contributed by atoms with Gasteiger partial charge in [0.05, 0.1) is 11.1 Å². The Hall–Kier alpha value is -1.94. The number of para-hydroxylation sites is 1. The maximum Gasteiger partial charge on any atom is 0.252 e. The van der Waals surface area contributed by atoms with E-state index in [2.05, 4.69) is 10.3 Å². The van der Waals surface area contributed by atoms with Gasteiger partial charge >= 0.3 is 0 Å². The van der Waals surface area contributed by atoms with Crippen LogP contribution in [-0.2, 0) is 0 Å². The van der Waals surface area contributed by atoms with Crippen LogP contribution < -0.4 is 11.1 Å². The Morgan fingerprint density at radius 1 is 1.35 bits per heavy atom. The molecule has 0 spiro atoms. The molecule has 4 heteroatoms. The number of pyridine rings is 1. The van der Waals surface area contributed by atoms with Gasteiger partial charge in [0, 0.05) is 23.2 Å². The van der Waals surface area contributed by atoms with E-state index in [1.807, 2.05) is 51.1 Å². The summed E-state index contributed by atoms with van der Waals surface area (Å²) in [6.45, 7) is 5.81. The predicted octanol–water partition coefficient (Wildman–Crippen LogP) is 2.40. The average Bonchev–Trinajstić information content (AvgIpc) is 2.36. The Morgan fingerprint density at radius 2 is 2.05 bits per heavy atom. The molecule has 0 aliphatic carbocycles. The number of carbonyl (C=O) groups is 1. The van der Waals surface area contributed by atoms with E-state index in [0.717, 1.165) is 23.0 Å². The van der Waals surface area contributed by atoms with Gasteiger partial charge in [-0.1, -0.05) is 18.2 Å². The monoisotopic (exact) mass is 271 g/mol. The molecule has 0 aliphatic heterocycles. The second kappa shape index (κ2) is 6.01. The summed E-state index contributed by atoms with van der Waals surface area (Å²) in [4.78, 5) is 16.9. The molecular formula is C16H21N3O. The number of aryl methyl sites for hydroxylation is 1. The van der Waals surface area contributed by atoms with Crippen LogP contribution in [-0.4, -0.2) is 23.0 Å². The molecule has 0 fully saturated rings. The van der Waals surface area contributed by atoms with Crippen LogP contribution >= 0.6 is 0 Å². The number of carbonyl (C=O) groups excluding carboxylic acids is 1. The van der Waals surface area contributed by atoms with Crippen LogP contribution in [0.25, 0.3) is 10.9 Å². The van der Waals surface area contributed by atoms with Crippen LogP contribution in [0.2, 0.25) is 0 Å². The first-order valence-corrected chi connectivity index (χ1v) is 6.90. The lowest BCUT2D eigenvalue weighted by molar-refractivity contribution is 0.0939. The summed E-state index contributed by atoms with van der Waals surface area (Å²) in [6, 6.07) is 9.64. The van der Waals surface area contributed by atoms with E-state index in [1.54, 1.807) is 0 Å². The van der Waals surface area contributed by atoms with E-state index in [4.69, 9.17) is 5.73 Å². The zero-order valence-electron chi connectivity index (χ0n) is 12.2. The summed E-state index contributed by atoms with van der Waals surface area (Å²) in [5, 5.41) is 3.88. The molecule has 106 valence electrons. The van der Waals surface area contributed by atoms with Gasteiger partial charge in [-0.05, 0) is 39.3 Å². The Kier molecular flexibility index (Phi) is 4.35. The second-order valence-corrected chi connectivity index (χ2v) is 5.42. The van der Waals surface area contributed by atoms with Gasteiger partial charge in [0.25, 0.3) is 5.91 Å². The fraction of sp³-hybridized carbons (Fsp3) is 0.375. The molecule has 2 aromatic rings. The van der Waals surface area contributed by atoms with Crippen molar-refractivity contribution in [2.45, 2.75) is 39.3 Å². The lowest BCUT2D eigenvalue weighted by Crippen LogP contribution is -2.36. The van der Waals surface area contributed by atoms with E-state index < -0.39 is 0 Å². The van der Waals surface area contributed by atoms with Crippen LogP contribution in [0.15, 0.2) is 30.3 Å². The fourth-order valence-electron chi connectivity index (χ4n) is 2.41. The molecule has 1 aromatic carbocycles. The molecule has 2 atom stereocenters. The quantitative estimate of drug-likeness (QED) is 0.897. The van der Waals surface area contributed by atoms with Crippen LogP contribution in [0.5, 0.6) is 0 Å². The van der Waals surface area contributed by atoms with Crippen LogP contribution in [0.4, 0.5) is 0 Å².